The fraction of sp³-hybridized carbons (Fsp3) is 0.286. The van der Waals surface area contributed by atoms with Crippen molar-refractivity contribution in [2.24, 2.45) is 5.92 Å². The lowest BCUT2D eigenvalue weighted by molar-refractivity contribution is 0.890. The predicted octanol–water partition coefficient (Wildman–Crippen LogP) is 4.42. The van der Waals surface area contributed by atoms with Crippen LogP contribution in [0.2, 0.25) is 0 Å². The number of anilines is 1. The molecule has 3 rings (SSSR count). The fourth-order valence-electron chi connectivity index (χ4n) is 1.99. The second kappa shape index (κ2) is 4.10. The summed E-state index contributed by atoms with van der Waals surface area (Å²) in [7, 11) is 0. The van der Waals surface area contributed by atoms with Gasteiger partial charge in [0.2, 0.25) is 0 Å². The number of halogens is 1. The number of benzene rings is 2. The molecule has 82 valence electrons. The summed E-state index contributed by atoms with van der Waals surface area (Å²) < 4.78 is 1.17. The van der Waals surface area contributed by atoms with Crippen molar-refractivity contribution in [3.05, 3.63) is 40.9 Å². The number of rotatable bonds is 3. The lowest BCUT2D eigenvalue weighted by atomic mass is 10.1. The highest BCUT2D eigenvalue weighted by Gasteiger charge is 2.20. The first-order valence-corrected chi connectivity index (χ1v) is 6.55. The number of fused-ring (bicyclic) bond motifs is 1. The molecule has 0 spiro atoms. The minimum absolute atomic E-state index is 0.905. The Morgan fingerprint density at radius 3 is 2.56 bits per heavy atom. The van der Waals surface area contributed by atoms with Crippen molar-refractivity contribution in [1.82, 2.24) is 0 Å². The van der Waals surface area contributed by atoms with Crippen LogP contribution in [0.1, 0.15) is 12.8 Å². The van der Waals surface area contributed by atoms with Crippen molar-refractivity contribution in [2.45, 2.75) is 12.8 Å². The smallest absolute Gasteiger partial charge is 0.0420 e. The van der Waals surface area contributed by atoms with Gasteiger partial charge in [-0.3, -0.25) is 0 Å². The van der Waals surface area contributed by atoms with Gasteiger partial charge in [0.1, 0.15) is 0 Å². The summed E-state index contributed by atoms with van der Waals surface area (Å²) in [5, 5.41) is 6.14. The van der Waals surface area contributed by atoms with Crippen LogP contribution >= 0.6 is 15.9 Å². The molecule has 1 fully saturated rings. The Kier molecular flexibility index (Phi) is 2.60. The van der Waals surface area contributed by atoms with Crippen LogP contribution in [0.25, 0.3) is 10.8 Å². The molecule has 1 nitrogen and oxygen atoms in total. The van der Waals surface area contributed by atoms with Gasteiger partial charge in [-0.05, 0) is 36.3 Å². The van der Waals surface area contributed by atoms with Crippen molar-refractivity contribution in [2.75, 3.05) is 11.9 Å². The van der Waals surface area contributed by atoms with Gasteiger partial charge >= 0.3 is 0 Å². The minimum atomic E-state index is 0.905. The molecule has 0 saturated heterocycles. The third-order valence-corrected chi connectivity index (χ3v) is 3.84. The van der Waals surface area contributed by atoms with Crippen molar-refractivity contribution in [1.29, 1.82) is 0 Å². The van der Waals surface area contributed by atoms with Crippen LogP contribution in [0.4, 0.5) is 5.69 Å². The molecule has 2 aromatic rings. The molecule has 0 unspecified atom stereocenters. The Bertz CT molecular complexity index is 517. The molecule has 0 amide bonds. The van der Waals surface area contributed by atoms with E-state index in [1.807, 2.05) is 0 Å². The van der Waals surface area contributed by atoms with Gasteiger partial charge in [0.05, 0.1) is 0 Å². The SMILES string of the molecule is Brc1ccc(NCC2CC2)c2ccccc12. The first kappa shape index (κ1) is 10.2. The Hall–Kier alpha value is -1.02. The third-order valence-electron chi connectivity index (χ3n) is 3.15. The van der Waals surface area contributed by atoms with Crippen LogP contribution < -0.4 is 5.32 Å². The first-order valence-electron chi connectivity index (χ1n) is 5.76. The van der Waals surface area contributed by atoms with Crippen molar-refractivity contribution >= 4 is 32.4 Å². The highest BCUT2D eigenvalue weighted by molar-refractivity contribution is 9.10. The van der Waals surface area contributed by atoms with Crippen molar-refractivity contribution in [3.63, 3.8) is 0 Å². The molecule has 1 saturated carbocycles. The van der Waals surface area contributed by atoms with Crippen molar-refractivity contribution in [3.8, 4) is 0 Å². The van der Waals surface area contributed by atoms with E-state index in [4.69, 9.17) is 0 Å². The minimum Gasteiger partial charge on any atom is -0.384 e. The Balaban J connectivity index is 1.99. The molecule has 2 aromatic carbocycles. The molecule has 1 N–H and O–H groups in total. The van der Waals surface area contributed by atoms with Crippen LogP contribution in [0.15, 0.2) is 40.9 Å². The molecular weight excluding hydrogens is 262 g/mol. The van der Waals surface area contributed by atoms with Crippen LogP contribution in [0.3, 0.4) is 0 Å². The fourth-order valence-corrected chi connectivity index (χ4v) is 2.47. The summed E-state index contributed by atoms with van der Waals surface area (Å²) >= 11 is 3.60. The standard InChI is InChI=1S/C14H14BrN/c15-13-7-8-14(16-9-10-5-6-10)12-4-2-1-3-11(12)13/h1-4,7-8,10,16H,5-6,9H2. The van der Waals surface area contributed by atoms with E-state index in [0.29, 0.717) is 0 Å². The van der Waals surface area contributed by atoms with E-state index in [9.17, 15) is 0 Å². The molecule has 0 aliphatic heterocycles. The van der Waals surface area contributed by atoms with Crippen LogP contribution in [-0.2, 0) is 0 Å². The predicted molar refractivity (Wildman–Crippen MR) is 72.9 cm³/mol. The van der Waals surface area contributed by atoms with Crippen LogP contribution in [0, 0.1) is 5.92 Å². The van der Waals surface area contributed by atoms with E-state index in [2.05, 4.69) is 57.6 Å². The molecule has 1 aliphatic rings. The average Bonchev–Trinajstić information content (AvgIpc) is 3.13. The van der Waals surface area contributed by atoms with E-state index in [0.717, 1.165) is 12.5 Å². The largest absolute Gasteiger partial charge is 0.384 e. The van der Waals surface area contributed by atoms with Gasteiger partial charge in [0.25, 0.3) is 0 Å². The Labute approximate surface area is 104 Å². The summed E-state index contributed by atoms with van der Waals surface area (Å²) in [5.74, 6) is 0.905. The quantitative estimate of drug-likeness (QED) is 0.874. The summed E-state index contributed by atoms with van der Waals surface area (Å²) in [6.45, 7) is 1.12. The Morgan fingerprint density at radius 2 is 1.81 bits per heavy atom. The first-order chi connectivity index (χ1) is 7.84. The molecule has 2 heteroatoms. The molecule has 1 aliphatic carbocycles. The van der Waals surface area contributed by atoms with Gasteiger partial charge in [0.15, 0.2) is 0 Å². The van der Waals surface area contributed by atoms with Crippen molar-refractivity contribution < 1.29 is 0 Å². The maximum absolute atomic E-state index is 3.60. The molecule has 16 heavy (non-hydrogen) atoms. The van der Waals surface area contributed by atoms with E-state index >= 15 is 0 Å². The second-order valence-corrected chi connectivity index (χ2v) is 5.32. The number of hydrogen-bond donors (Lipinski definition) is 1. The van der Waals surface area contributed by atoms with Gasteiger partial charge in [-0.2, -0.15) is 0 Å². The number of nitrogens with one attached hydrogen (secondary N) is 1. The van der Waals surface area contributed by atoms with E-state index in [-0.39, 0.29) is 0 Å². The zero-order chi connectivity index (χ0) is 11.0. The zero-order valence-electron chi connectivity index (χ0n) is 9.04. The Morgan fingerprint density at radius 1 is 1.06 bits per heavy atom. The molecule has 0 heterocycles. The number of hydrogen-bond acceptors (Lipinski definition) is 1. The third kappa shape index (κ3) is 1.94. The average molecular weight is 276 g/mol. The maximum Gasteiger partial charge on any atom is 0.0420 e. The van der Waals surface area contributed by atoms with Gasteiger partial charge in [-0.15, -0.1) is 0 Å². The molecular formula is C14H14BrN. The molecule has 0 radical (unpaired) electrons. The summed E-state index contributed by atoms with van der Waals surface area (Å²) in [6, 6.07) is 12.8. The molecule has 0 aromatic heterocycles. The highest BCUT2D eigenvalue weighted by Crippen LogP contribution is 2.32. The van der Waals surface area contributed by atoms with Gasteiger partial charge in [-0.25, -0.2) is 0 Å². The van der Waals surface area contributed by atoms with E-state index in [1.54, 1.807) is 0 Å². The van der Waals surface area contributed by atoms with E-state index < -0.39 is 0 Å². The van der Waals surface area contributed by atoms with Crippen LogP contribution in [0.5, 0.6) is 0 Å². The van der Waals surface area contributed by atoms with Crippen LogP contribution in [-0.4, -0.2) is 6.54 Å². The molecule has 0 bridgehead atoms. The zero-order valence-corrected chi connectivity index (χ0v) is 10.6. The van der Waals surface area contributed by atoms with Gasteiger partial charge < -0.3 is 5.32 Å². The lowest BCUT2D eigenvalue weighted by Crippen LogP contribution is -2.03. The lowest BCUT2D eigenvalue weighted by Gasteiger charge is -2.10. The topological polar surface area (TPSA) is 12.0 Å². The van der Waals surface area contributed by atoms with Gasteiger partial charge in [-0.1, -0.05) is 40.2 Å². The monoisotopic (exact) mass is 275 g/mol. The summed E-state index contributed by atoms with van der Waals surface area (Å²) in [4.78, 5) is 0. The summed E-state index contributed by atoms with van der Waals surface area (Å²) in [5.41, 5.74) is 1.26. The molecule has 0 atom stereocenters. The second-order valence-electron chi connectivity index (χ2n) is 4.46. The van der Waals surface area contributed by atoms with Gasteiger partial charge in [0, 0.05) is 22.1 Å². The summed E-state index contributed by atoms with van der Waals surface area (Å²) in [6.07, 6.45) is 2.78. The highest BCUT2D eigenvalue weighted by atomic mass is 79.9. The van der Waals surface area contributed by atoms with E-state index in [1.165, 1.54) is 33.8 Å². The normalized spacial score (nSPS) is 15.3. The maximum atomic E-state index is 3.60.